The van der Waals surface area contributed by atoms with E-state index in [1.54, 1.807) is 26.0 Å². The van der Waals surface area contributed by atoms with E-state index in [1.165, 1.54) is 6.08 Å². The second kappa shape index (κ2) is 11.1. The minimum atomic E-state index is -1.70. The van der Waals surface area contributed by atoms with Crippen molar-refractivity contribution < 1.29 is 43.2 Å². The van der Waals surface area contributed by atoms with Gasteiger partial charge in [0.2, 0.25) is 5.78 Å². The summed E-state index contributed by atoms with van der Waals surface area (Å²) in [5, 5.41) is 11.8. The van der Waals surface area contributed by atoms with Gasteiger partial charge in [0.25, 0.3) is 0 Å². The summed E-state index contributed by atoms with van der Waals surface area (Å²) in [4.78, 5) is 49.9. The lowest BCUT2D eigenvalue weighted by Crippen LogP contribution is -2.69. The monoisotopic (exact) mass is 580 g/mol. The average molecular weight is 581 g/mol. The van der Waals surface area contributed by atoms with Crippen LogP contribution in [-0.4, -0.2) is 64.9 Å². The fourth-order valence-electron chi connectivity index (χ4n) is 7.82. The number of Topliss-reactive ketones (excluding diaryl/α,β-unsaturated/α-hetero) is 1. The molecule has 4 aliphatic carbocycles. The van der Waals surface area contributed by atoms with Crippen molar-refractivity contribution in [2.45, 2.75) is 102 Å². The zero-order chi connectivity index (χ0) is 29.5. The first-order chi connectivity index (χ1) is 18.7. The van der Waals surface area contributed by atoms with Crippen molar-refractivity contribution in [2.24, 2.45) is 22.7 Å². The topological polar surface area (TPSA) is 125 Å². The van der Waals surface area contributed by atoms with Crippen molar-refractivity contribution in [3.8, 4) is 0 Å². The molecule has 0 aromatic rings. The van der Waals surface area contributed by atoms with E-state index in [2.05, 4.69) is 0 Å². The summed E-state index contributed by atoms with van der Waals surface area (Å²) >= 11 is 7.48. The van der Waals surface area contributed by atoms with Crippen LogP contribution in [0.25, 0.3) is 0 Å². The average Bonchev–Trinajstić information content (AvgIpc) is 3.16. The fourth-order valence-corrected chi connectivity index (χ4v) is 8.34. The summed E-state index contributed by atoms with van der Waals surface area (Å²) in [6, 6.07) is 0. The maximum Gasteiger partial charge on any atom is 0.509 e. The fraction of sp³-hybridized carbons (Fsp3) is 0.733. The molecule has 0 radical (unpaired) electrons. The molecule has 1 N–H and O–H groups in total. The minimum Gasteiger partial charge on any atom is -0.434 e. The summed E-state index contributed by atoms with van der Waals surface area (Å²) in [5.41, 5.74) is -2.59. The predicted molar refractivity (Wildman–Crippen MR) is 146 cm³/mol. The Morgan fingerprint density at radius 1 is 1.12 bits per heavy atom. The number of aliphatic hydroxyl groups excluding tert-OH is 1. The Morgan fingerprint density at radius 3 is 2.52 bits per heavy atom. The number of ketones is 2. The van der Waals surface area contributed by atoms with Crippen LogP contribution < -0.4 is 0 Å². The van der Waals surface area contributed by atoms with Crippen LogP contribution in [0, 0.1) is 22.7 Å². The quantitative estimate of drug-likeness (QED) is 0.226. The molecule has 10 heteroatoms. The predicted octanol–water partition coefficient (Wildman–Crippen LogP) is 5.45. The van der Waals surface area contributed by atoms with Crippen molar-refractivity contribution in [2.75, 3.05) is 13.2 Å². The van der Waals surface area contributed by atoms with Crippen molar-refractivity contribution in [1.29, 1.82) is 0 Å². The number of aliphatic hydroxyl groups is 1. The summed E-state index contributed by atoms with van der Waals surface area (Å²) < 4.78 is 21.4. The van der Waals surface area contributed by atoms with Gasteiger partial charge in [0.15, 0.2) is 18.0 Å². The van der Waals surface area contributed by atoms with Crippen molar-refractivity contribution >= 4 is 35.5 Å². The highest BCUT2D eigenvalue weighted by molar-refractivity contribution is 6.26. The first-order valence-corrected chi connectivity index (χ1v) is 14.7. The number of ether oxygens (including phenoxy) is 4. The van der Waals surface area contributed by atoms with Gasteiger partial charge < -0.3 is 24.1 Å². The van der Waals surface area contributed by atoms with Gasteiger partial charge in [0.05, 0.1) is 23.7 Å². The highest BCUT2D eigenvalue weighted by atomic mass is 35.5. The molecule has 0 amide bonds. The minimum absolute atomic E-state index is 0.0622. The Hall–Kier alpha value is -2.39. The number of hydrogen-bond acceptors (Lipinski definition) is 9. The number of carbonyl (C=O) groups is 4. The molecular formula is C30H41ClO9. The molecule has 9 nitrogen and oxygen atoms in total. The third kappa shape index (κ3) is 4.77. The van der Waals surface area contributed by atoms with E-state index in [1.807, 2.05) is 20.8 Å². The van der Waals surface area contributed by atoms with Crippen molar-refractivity contribution in [3.63, 3.8) is 0 Å². The molecule has 3 saturated carbocycles. The molecule has 40 heavy (non-hydrogen) atoms. The highest BCUT2D eigenvalue weighted by Gasteiger charge is 2.74. The second-order valence-corrected chi connectivity index (χ2v) is 12.9. The van der Waals surface area contributed by atoms with Crippen LogP contribution in [0.15, 0.2) is 23.8 Å². The van der Waals surface area contributed by atoms with Gasteiger partial charge in [0, 0.05) is 10.8 Å². The Balaban J connectivity index is 1.69. The van der Waals surface area contributed by atoms with Crippen LogP contribution in [-0.2, 0) is 28.5 Å². The summed E-state index contributed by atoms with van der Waals surface area (Å²) in [6.07, 6.45) is 4.84. The lowest BCUT2D eigenvalue weighted by Gasteiger charge is -2.63. The lowest BCUT2D eigenvalue weighted by atomic mass is 9.45. The summed E-state index contributed by atoms with van der Waals surface area (Å²) in [5.74, 6) is -1.14. The second-order valence-electron chi connectivity index (χ2n) is 12.3. The number of rotatable bonds is 8. The van der Waals surface area contributed by atoms with Gasteiger partial charge in [-0.25, -0.2) is 9.59 Å². The maximum absolute atomic E-state index is 13.9. The smallest absolute Gasteiger partial charge is 0.434 e. The van der Waals surface area contributed by atoms with E-state index in [-0.39, 0.29) is 37.1 Å². The molecule has 7 atom stereocenters. The normalized spacial score (nSPS) is 38.0. The Labute approximate surface area is 240 Å². The lowest BCUT2D eigenvalue weighted by molar-refractivity contribution is -0.180. The van der Waals surface area contributed by atoms with Gasteiger partial charge in [-0.1, -0.05) is 38.8 Å². The molecule has 0 heterocycles. The number of carbonyl (C=O) groups excluding carboxylic acids is 4. The summed E-state index contributed by atoms with van der Waals surface area (Å²) in [6.45, 7) is 8.57. The van der Waals surface area contributed by atoms with Crippen LogP contribution in [0.5, 0.6) is 0 Å². The molecule has 0 bridgehead atoms. The van der Waals surface area contributed by atoms with Gasteiger partial charge in [-0.2, -0.15) is 0 Å². The van der Waals surface area contributed by atoms with Crippen LogP contribution in [0.4, 0.5) is 9.59 Å². The molecule has 1 unspecified atom stereocenters. The van der Waals surface area contributed by atoms with Gasteiger partial charge >= 0.3 is 12.3 Å². The van der Waals surface area contributed by atoms with E-state index < -0.39 is 58.2 Å². The molecule has 4 rings (SSSR count). The zero-order valence-corrected chi connectivity index (χ0v) is 24.8. The van der Waals surface area contributed by atoms with Gasteiger partial charge in [-0.05, 0) is 76.4 Å². The van der Waals surface area contributed by atoms with E-state index in [4.69, 9.17) is 30.5 Å². The molecule has 0 spiro atoms. The summed E-state index contributed by atoms with van der Waals surface area (Å²) in [7, 11) is 0. The van der Waals surface area contributed by atoms with Gasteiger partial charge in [-0.3, -0.25) is 9.59 Å². The van der Waals surface area contributed by atoms with Crippen molar-refractivity contribution in [3.05, 3.63) is 23.8 Å². The van der Waals surface area contributed by atoms with Crippen LogP contribution in [0.2, 0.25) is 0 Å². The molecular weight excluding hydrogens is 540 g/mol. The van der Waals surface area contributed by atoms with Gasteiger partial charge in [-0.15, -0.1) is 11.6 Å². The van der Waals surface area contributed by atoms with Gasteiger partial charge in [0.1, 0.15) is 0 Å². The van der Waals surface area contributed by atoms with E-state index in [0.29, 0.717) is 25.7 Å². The molecule has 0 saturated heterocycles. The van der Waals surface area contributed by atoms with Crippen LogP contribution in [0.1, 0.15) is 79.6 Å². The number of fused-ring (bicyclic) bond motifs is 5. The number of allylic oxidation sites excluding steroid dienone is 4. The third-order valence-corrected chi connectivity index (χ3v) is 10.8. The van der Waals surface area contributed by atoms with Crippen molar-refractivity contribution in [1.82, 2.24) is 0 Å². The third-order valence-electron chi connectivity index (χ3n) is 9.84. The van der Waals surface area contributed by atoms with Crippen LogP contribution in [0.3, 0.4) is 0 Å². The maximum atomic E-state index is 13.9. The number of unbranched alkanes of at least 4 members (excludes halogenated alkanes) is 1. The number of alkyl halides is 1. The zero-order valence-electron chi connectivity index (χ0n) is 24.0. The largest absolute Gasteiger partial charge is 0.509 e. The Kier molecular flexibility index (Phi) is 8.50. The van der Waals surface area contributed by atoms with E-state index in [9.17, 15) is 24.3 Å². The molecule has 3 fully saturated rings. The number of hydrogen-bond donors (Lipinski definition) is 1. The number of halogens is 1. The molecule has 4 aliphatic rings. The van der Waals surface area contributed by atoms with Crippen LogP contribution >= 0.6 is 11.6 Å². The first-order valence-electron chi connectivity index (χ1n) is 14.3. The molecule has 222 valence electrons. The van der Waals surface area contributed by atoms with E-state index in [0.717, 1.165) is 12.0 Å². The highest BCUT2D eigenvalue weighted by Crippen LogP contribution is 2.71. The molecule has 0 aliphatic heterocycles. The first kappa shape index (κ1) is 30.6. The van der Waals surface area contributed by atoms with E-state index >= 15 is 0 Å². The molecule has 0 aromatic heterocycles. The Morgan fingerprint density at radius 2 is 1.85 bits per heavy atom. The SMILES string of the molecule is CCCCOC(=O)O[C@]1(C(=O)COC(=O)OC(C)C)CC[C@H]2[C@@H]3CCC4=CC(=O)C=C[C@]4(C)[C@@]3(Cl)C(O)C[C@@]21C. The Bertz CT molecular complexity index is 1110. The standard InChI is InChI=1S/C30H41ClO9/c1-6-7-14-37-26(36)40-29(24(34)17-38-25(35)39-18(2)3)13-11-21-22-9-8-19-15-20(32)10-12-27(19,4)30(22,31)23(33)16-28(21,29)5/h10,12,15,18,21-23,33H,6-9,11,13-14,16-17H2,1-5H3/t21-,22-,23?,27-,28-,29-,30-/m0/s1. The molecule has 0 aromatic carbocycles.